The molecule has 1 saturated carbocycles. The van der Waals surface area contributed by atoms with Crippen molar-refractivity contribution in [3.63, 3.8) is 0 Å². The Labute approximate surface area is 100 Å². The highest BCUT2D eigenvalue weighted by Crippen LogP contribution is 2.55. The largest absolute Gasteiger partial charge is 0.314 e. The van der Waals surface area contributed by atoms with Gasteiger partial charge >= 0.3 is 0 Å². The van der Waals surface area contributed by atoms with Gasteiger partial charge < -0.3 is 5.32 Å². The smallest absolute Gasteiger partial charge is 0.0218 e. The molecule has 0 radical (unpaired) electrons. The predicted octanol–water partition coefficient (Wildman–Crippen LogP) is 3.48. The van der Waals surface area contributed by atoms with Crippen molar-refractivity contribution in [2.24, 2.45) is 0 Å². The van der Waals surface area contributed by atoms with E-state index < -0.39 is 0 Å². The molecule has 1 aromatic carbocycles. The van der Waals surface area contributed by atoms with Gasteiger partial charge in [-0.25, -0.2) is 0 Å². The van der Waals surface area contributed by atoms with Gasteiger partial charge in [0.05, 0.1) is 0 Å². The molecule has 0 bridgehead atoms. The number of nitrogens with one attached hydrogen (secondary N) is 1. The van der Waals surface area contributed by atoms with Gasteiger partial charge in [-0.3, -0.25) is 0 Å². The molecule has 1 aliphatic rings. The summed E-state index contributed by atoms with van der Waals surface area (Å²) in [7, 11) is 2.05. The van der Waals surface area contributed by atoms with Crippen molar-refractivity contribution in [3.8, 4) is 0 Å². The molecule has 0 unspecified atom stereocenters. The molecule has 0 saturated heterocycles. The maximum atomic E-state index is 3.48. The van der Waals surface area contributed by atoms with E-state index in [1.54, 1.807) is 0 Å². The van der Waals surface area contributed by atoms with E-state index >= 15 is 0 Å². The molecule has 1 aliphatic carbocycles. The summed E-state index contributed by atoms with van der Waals surface area (Å²) in [5, 5.41) is 3.45. The highest BCUT2D eigenvalue weighted by atomic mass is 79.9. The monoisotopic (exact) mass is 267 g/mol. The van der Waals surface area contributed by atoms with Gasteiger partial charge in [-0.15, -0.1) is 0 Å². The summed E-state index contributed by atoms with van der Waals surface area (Å²) in [6.45, 7) is 4.59. The zero-order valence-electron chi connectivity index (χ0n) is 9.60. The first-order valence-corrected chi connectivity index (χ1v) is 6.26. The Morgan fingerprint density at radius 1 is 1.20 bits per heavy atom. The summed E-state index contributed by atoms with van der Waals surface area (Å²) in [4.78, 5) is 0. The molecular formula is C13H18BrN. The second kappa shape index (κ2) is 3.60. The second-order valence-electron chi connectivity index (χ2n) is 4.96. The number of hydrogen-bond acceptors (Lipinski definition) is 1. The van der Waals surface area contributed by atoms with Crippen LogP contribution >= 0.6 is 15.9 Å². The topological polar surface area (TPSA) is 12.0 Å². The summed E-state index contributed by atoms with van der Waals surface area (Å²) in [6, 6.07) is 8.77. The molecule has 0 aliphatic heterocycles. The summed E-state index contributed by atoms with van der Waals surface area (Å²) >= 11 is 3.48. The molecule has 1 aromatic rings. The summed E-state index contributed by atoms with van der Waals surface area (Å²) in [5.41, 5.74) is 1.99. The first-order chi connectivity index (χ1) is 7.02. The van der Waals surface area contributed by atoms with E-state index in [1.165, 1.54) is 18.4 Å². The minimum atomic E-state index is 0.181. The normalized spacial score (nSPS) is 18.9. The number of likely N-dealkylation sites (N-methyl/N-ethyl adjacent to an activating group) is 1. The molecule has 2 rings (SSSR count). The third-order valence-electron chi connectivity index (χ3n) is 3.97. The van der Waals surface area contributed by atoms with Gasteiger partial charge in [0.25, 0.3) is 0 Å². The van der Waals surface area contributed by atoms with Crippen LogP contribution in [0.25, 0.3) is 0 Å². The molecule has 0 atom stereocenters. The van der Waals surface area contributed by atoms with Crippen LogP contribution in [0.5, 0.6) is 0 Å². The Kier molecular flexibility index (Phi) is 2.68. The molecule has 1 fully saturated rings. The van der Waals surface area contributed by atoms with Crippen LogP contribution in [-0.2, 0) is 5.41 Å². The molecular weight excluding hydrogens is 250 g/mol. The van der Waals surface area contributed by atoms with Crippen molar-refractivity contribution in [2.45, 2.75) is 37.6 Å². The lowest BCUT2D eigenvalue weighted by molar-refractivity contribution is 0.324. The van der Waals surface area contributed by atoms with Crippen LogP contribution in [0.2, 0.25) is 0 Å². The molecule has 1 nitrogen and oxygen atoms in total. The van der Waals surface area contributed by atoms with Gasteiger partial charge in [-0.1, -0.05) is 28.1 Å². The standard InChI is InChI=1S/C13H18BrN/c1-12(2,15-3)13(8-9-13)10-4-6-11(14)7-5-10/h4-7,15H,8-9H2,1-3H3. The average molecular weight is 268 g/mol. The van der Waals surface area contributed by atoms with E-state index in [2.05, 4.69) is 66.4 Å². The number of benzene rings is 1. The maximum Gasteiger partial charge on any atom is 0.0218 e. The minimum absolute atomic E-state index is 0.181. The Balaban J connectivity index is 2.34. The summed E-state index contributed by atoms with van der Waals surface area (Å²) in [6.07, 6.45) is 2.59. The van der Waals surface area contributed by atoms with Crippen LogP contribution in [0, 0.1) is 0 Å². The Morgan fingerprint density at radius 2 is 1.73 bits per heavy atom. The van der Waals surface area contributed by atoms with Crippen molar-refractivity contribution in [2.75, 3.05) is 7.05 Å². The summed E-state index contributed by atoms with van der Waals surface area (Å²) in [5.74, 6) is 0. The van der Waals surface area contributed by atoms with Gasteiger partial charge in [-0.2, -0.15) is 0 Å². The maximum absolute atomic E-state index is 3.48. The molecule has 1 N–H and O–H groups in total. The zero-order chi connectivity index (χ0) is 11.1. The first-order valence-electron chi connectivity index (χ1n) is 5.47. The highest BCUT2D eigenvalue weighted by Gasteiger charge is 2.54. The quantitative estimate of drug-likeness (QED) is 0.885. The van der Waals surface area contributed by atoms with E-state index in [-0.39, 0.29) is 5.54 Å². The SMILES string of the molecule is CNC(C)(C)C1(c2ccc(Br)cc2)CC1. The lowest BCUT2D eigenvalue weighted by atomic mass is 9.78. The minimum Gasteiger partial charge on any atom is -0.314 e. The predicted molar refractivity (Wildman–Crippen MR) is 68.2 cm³/mol. The fourth-order valence-corrected chi connectivity index (χ4v) is 2.67. The van der Waals surface area contributed by atoms with Gasteiger partial charge in [0.15, 0.2) is 0 Å². The fraction of sp³-hybridized carbons (Fsp3) is 0.538. The Hall–Kier alpha value is -0.340. The molecule has 82 valence electrons. The number of halogens is 1. The van der Waals surface area contributed by atoms with Gasteiger partial charge in [0.2, 0.25) is 0 Å². The van der Waals surface area contributed by atoms with Crippen molar-refractivity contribution in [1.29, 1.82) is 0 Å². The van der Waals surface area contributed by atoms with E-state index in [9.17, 15) is 0 Å². The molecule has 15 heavy (non-hydrogen) atoms. The Morgan fingerprint density at radius 3 is 2.13 bits per heavy atom. The second-order valence-corrected chi connectivity index (χ2v) is 5.88. The van der Waals surface area contributed by atoms with Crippen LogP contribution in [0.15, 0.2) is 28.7 Å². The average Bonchev–Trinajstić information content (AvgIpc) is 3.00. The van der Waals surface area contributed by atoms with Gasteiger partial charge in [0.1, 0.15) is 0 Å². The third kappa shape index (κ3) is 1.74. The first kappa shape index (κ1) is 11.2. The van der Waals surface area contributed by atoms with Crippen molar-refractivity contribution in [1.82, 2.24) is 5.32 Å². The van der Waals surface area contributed by atoms with Crippen LogP contribution in [0.3, 0.4) is 0 Å². The van der Waals surface area contributed by atoms with Crippen LogP contribution < -0.4 is 5.32 Å². The van der Waals surface area contributed by atoms with Gasteiger partial charge in [-0.05, 0) is 51.4 Å². The molecule has 0 aromatic heterocycles. The van der Waals surface area contributed by atoms with E-state index in [4.69, 9.17) is 0 Å². The zero-order valence-corrected chi connectivity index (χ0v) is 11.2. The van der Waals surface area contributed by atoms with E-state index in [0.717, 1.165) is 4.47 Å². The molecule has 0 spiro atoms. The van der Waals surface area contributed by atoms with Crippen molar-refractivity contribution in [3.05, 3.63) is 34.3 Å². The molecule has 0 heterocycles. The number of hydrogen-bond donors (Lipinski definition) is 1. The third-order valence-corrected chi connectivity index (χ3v) is 4.50. The fourth-order valence-electron chi connectivity index (χ4n) is 2.41. The molecule has 0 amide bonds. The lowest BCUT2D eigenvalue weighted by Gasteiger charge is -2.35. The van der Waals surface area contributed by atoms with Crippen molar-refractivity contribution >= 4 is 15.9 Å². The number of rotatable bonds is 3. The van der Waals surface area contributed by atoms with Gasteiger partial charge in [0, 0.05) is 15.4 Å². The van der Waals surface area contributed by atoms with E-state index in [0.29, 0.717) is 5.41 Å². The molecule has 2 heteroatoms. The van der Waals surface area contributed by atoms with Crippen LogP contribution in [0.1, 0.15) is 32.3 Å². The lowest BCUT2D eigenvalue weighted by Crippen LogP contribution is -2.47. The van der Waals surface area contributed by atoms with E-state index in [1.807, 2.05) is 0 Å². The highest BCUT2D eigenvalue weighted by molar-refractivity contribution is 9.10. The van der Waals surface area contributed by atoms with Crippen LogP contribution in [-0.4, -0.2) is 12.6 Å². The summed E-state index contributed by atoms with van der Waals surface area (Å²) < 4.78 is 1.16. The van der Waals surface area contributed by atoms with Crippen LogP contribution in [0.4, 0.5) is 0 Å². The van der Waals surface area contributed by atoms with Crippen molar-refractivity contribution < 1.29 is 0 Å². The Bertz CT molecular complexity index is 349.